The van der Waals surface area contributed by atoms with Gasteiger partial charge in [-0.1, -0.05) is 117 Å². The average molecular weight is 537 g/mol. The molecule has 5 aromatic carbocycles. The maximum atomic E-state index is 12.9. The molecular weight excluding hydrogens is 505 g/mol. The summed E-state index contributed by atoms with van der Waals surface area (Å²) < 4.78 is 38.7. The van der Waals surface area contributed by atoms with Gasteiger partial charge in [0.1, 0.15) is 0 Å². The lowest BCUT2D eigenvalue weighted by molar-refractivity contribution is -0.137. The summed E-state index contributed by atoms with van der Waals surface area (Å²) in [5.74, 6) is -0.000619. The first-order valence-corrected chi connectivity index (χ1v) is 13.3. The van der Waals surface area contributed by atoms with Crippen LogP contribution in [0.2, 0.25) is 0 Å². The molecule has 0 atom stereocenters. The summed E-state index contributed by atoms with van der Waals surface area (Å²) in [4.78, 5) is 12.7. The van der Waals surface area contributed by atoms with Crippen LogP contribution in [0, 0.1) is 13.8 Å². The van der Waals surface area contributed by atoms with Crippen LogP contribution in [-0.4, -0.2) is 5.78 Å². The van der Waals surface area contributed by atoms with Crippen LogP contribution in [0.4, 0.5) is 13.2 Å². The van der Waals surface area contributed by atoms with Gasteiger partial charge in [0.15, 0.2) is 5.78 Å². The Hall–Kier alpha value is -4.44. The van der Waals surface area contributed by atoms with Crippen molar-refractivity contribution in [2.45, 2.75) is 33.9 Å². The van der Waals surface area contributed by atoms with Crippen molar-refractivity contribution in [3.8, 4) is 33.4 Å². The summed E-state index contributed by atoms with van der Waals surface area (Å²) >= 11 is 0. The van der Waals surface area contributed by atoms with E-state index in [0.29, 0.717) is 11.1 Å². The van der Waals surface area contributed by atoms with Gasteiger partial charge in [0, 0.05) is 11.1 Å². The fraction of sp³-hybridized carbons (Fsp3) is 0.139. The van der Waals surface area contributed by atoms with Crippen molar-refractivity contribution in [3.05, 3.63) is 143 Å². The smallest absolute Gasteiger partial charge is 0.289 e. The van der Waals surface area contributed by atoms with E-state index in [2.05, 4.69) is 31.2 Å². The maximum Gasteiger partial charge on any atom is 0.416 e. The van der Waals surface area contributed by atoms with E-state index in [9.17, 15) is 18.0 Å². The zero-order valence-electron chi connectivity index (χ0n) is 23.0. The highest BCUT2D eigenvalue weighted by Gasteiger charge is 2.30. The lowest BCUT2D eigenvalue weighted by Crippen LogP contribution is -2.04. The maximum absolute atomic E-state index is 12.9. The lowest BCUT2D eigenvalue weighted by atomic mass is 9.92. The molecule has 0 aliphatic carbocycles. The third-order valence-corrected chi connectivity index (χ3v) is 6.80. The number of carbonyl (C=O) groups excluding carboxylic acids is 1. The first-order valence-electron chi connectivity index (χ1n) is 13.3. The first kappa shape index (κ1) is 28.6. The molecule has 0 fully saturated rings. The van der Waals surface area contributed by atoms with Crippen molar-refractivity contribution in [1.29, 1.82) is 0 Å². The quantitative estimate of drug-likeness (QED) is 0.204. The van der Waals surface area contributed by atoms with Gasteiger partial charge in [0.05, 0.1) is 5.56 Å². The predicted octanol–water partition coefficient (Wildman–Crippen LogP) is 10.6. The second-order valence-corrected chi connectivity index (χ2v) is 9.41. The van der Waals surface area contributed by atoms with Crippen LogP contribution in [0.3, 0.4) is 0 Å². The van der Waals surface area contributed by atoms with Crippen molar-refractivity contribution in [2.24, 2.45) is 0 Å². The molecule has 0 aliphatic rings. The Morgan fingerprint density at radius 1 is 0.525 bits per heavy atom. The normalized spacial score (nSPS) is 11.0. The van der Waals surface area contributed by atoms with Crippen LogP contribution in [0.1, 0.15) is 46.5 Å². The summed E-state index contributed by atoms with van der Waals surface area (Å²) in [6, 6.07) is 34.5. The molecule has 202 valence electrons. The summed E-state index contributed by atoms with van der Waals surface area (Å²) in [6.07, 6.45) is -4.34. The molecule has 0 spiro atoms. The number of halogens is 3. The third kappa shape index (κ3) is 6.23. The highest BCUT2D eigenvalue weighted by molar-refractivity contribution is 6.09. The Morgan fingerprint density at radius 2 is 0.925 bits per heavy atom. The van der Waals surface area contributed by atoms with E-state index in [-0.39, 0.29) is 5.78 Å². The number of hydrogen-bond donors (Lipinski definition) is 0. The minimum Gasteiger partial charge on any atom is -0.289 e. The van der Waals surface area contributed by atoms with Gasteiger partial charge in [0.25, 0.3) is 0 Å². The Balaban J connectivity index is 0.00000181. The van der Waals surface area contributed by atoms with Crippen LogP contribution in [0.15, 0.2) is 115 Å². The van der Waals surface area contributed by atoms with E-state index >= 15 is 0 Å². The molecule has 0 aliphatic heterocycles. The fourth-order valence-electron chi connectivity index (χ4n) is 4.73. The topological polar surface area (TPSA) is 17.1 Å². The number of rotatable bonds is 5. The van der Waals surface area contributed by atoms with Crippen molar-refractivity contribution in [3.63, 3.8) is 0 Å². The summed E-state index contributed by atoms with van der Waals surface area (Å²) in [6.45, 7) is 8.03. The minimum atomic E-state index is -4.34. The van der Waals surface area contributed by atoms with Gasteiger partial charge in [-0.3, -0.25) is 4.79 Å². The average Bonchev–Trinajstić information content (AvgIpc) is 2.98. The molecular formula is C36H31F3O. The molecule has 0 N–H and O–H groups in total. The third-order valence-electron chi connectivity index (χ3n) is 6.80. The van der Waals surface area contributed by atoms with Gasteiger partial charge in [-0.2, -0.15) is 13.2 Å². The van der Waals surface area contributed by atoms with Crippen LogP contribution in [0.25, 0.3) is 33.4 Å². The van der Waals surface area contributed by atoms with Gasteiger partial charge in [0.2, 0.25) is 0 Å². The highest BCUT2D eigenvalue weighted by atomic mass is 19.4. The number of benzene rings is 5. The van der Waals surface area contributed by atoms with E-state index in [4.69, 9.17) is 0 Å². The van der Waals surface area contributed by atoms with E-state index in [1.54, 1.807) is 0 Å². The second kappa shape index (κ2) is 12.2. The number of ketones is 1. The van der Waals surface area contributed by atoms with Crippen molar-refractivity contribution in [1.82, 2.24) is 0 Å². The molecule has 4 heteroatoms. The Morgan fingerprint density at radius 3 is 1.35 bits per heavy atom. The number of hydrogen-bond acceptors (Lipinski definition) is 1. The van der Waals surface area contributed by atoms with E-state index in [1.165, 1.54) is 12.1 Å². The first-order chi connectivity index (χ1) is 19.2. The van der Waals surface area contributed by atoms with Gasteiger partial charge in [-0.15, -0.1) is 0 Å². The second-order valence-electron chi connectivity index (χ2n) is 9.41. The molecule has 0 saturated heterocycles. The van der Waals surface area contributed by atoms with Gasteiger partial charge >= 0.3 is 6.18 Å². The standard InChI is InChI=1S/C34H25F3O.C2H6/c1-22-20-28(29-15-19-32(23(2)21-29)25-12-16-30(17-13-25)34(35,36)37)14-18-31(22)24-8-10-27(11-9-24)33(38)26-6-4-3-5-7-26;1-2/h3-21H,1-2H3;1-2H3. The number of aryl methyl sites for hydroxylation is 2. The Bertz CT molecular complexity index is 1600. The summed E-state index contributed by atoms with van der Waals surface area (Å²) in [5, 5.41) is 0. The molecule has 0 saturated carbocycles. The molecule has 0 aromatic heterocycles. The molecule has 1 nitrogen and oxygen atoms in total. The largest absolute Gasteiger partial charge is 0.416 e. The van der Waals surface area contributed by atoms with Crippen LogP contribution >= 0.6 is 0 Å². The minimum absolute atomic E-state index is 0.000619. The monoisotopic (exact) mass is 536 g/mol. The van der Waals surface area contributed by atoms with E-state index < -0.39 is 11.7 Å². The molecule has 5 rings (SSSR count). The highest BCUT2D eigenvalue weighted by Crippen LogP contribution is 2.34. The van der Waals surface area contributed by atoms with Gasteiger partial charge in [-0.05, 0) is 70.5 Å². The van der Waals surface area contributed by atoms with Crippen molar-refractivity contribution >= 4 is 5.78 Å². The number of carbonyl (C=O) groups is 1. The predicted molar refractivity (Wildman–Crippen MR) is 158 cm³/mol. The molecule has 40 heavy (non-hydrogen) atoms. The van der Waals surface area contributed by atoms with E-state index in [0.717, 1.165) is 56.6 Å². The lowest BCUT2D eigenvalue weighted by Gasteiger charge is -2.13. The van der Waals surface area contributed by atoms with Crippen molar-refractivity contribution < 1.29 is 18.0 Å². The summed E-state index contributed by atoms with van der Waals surface area (Å²) in [5.41, 5.74) is 8.64. The molecule has 0 heterocycles. The van der Waals surface area contributed by atoms with Crippen LogP contribution in [0.5, 0.6) is 0 Å². The van der Waals surface area contributed by atoms with Crippen molar-refractivity contribution in [2.75, 3.05) is 0 Å². The molecule has 0 bridgehead atoms. The van der Waals surface area contributed by atoms with E-state index in [1.807, 2.05) is 87.5 Å². The molecule has 0 radical (unpaired) electrons. The fourth-order valence-corrected chi connectivity index (χ4v) is 4.73. The zero-order valence-corrected chi connectivity index (χ0v) is 23.0. The Labute approximate surface area is 234 Å². The zero-order chi connectivity index (χ0) is 28.9. The van der Waals surface area contributed by atoms with Crippen LogP contribution in [-0.2, 0) is 6.18 Å². The van der Waals surface area contributed by atoms with Gasteiger partial charge in [-0.25, -0.2) is 0 Å². The molecule has 5 aromatic rings. The number of alkyl halides is 3. The summed E-state index contributed by atoms with van der Waals surface area (Å²) in [7, 11) is 0. The van der Waals surface area contributed by atoms with Crippen LogP contribution < -0.4 is 0 Å². The van der Waals surface area contributed by atoms with Gasteiger partial charge < -0.3 is 0 Å². The molecule has 0 amide bonds. The Kier molecular flexibility index (Phi) is 8.69. The SMILES string of the molecule is CC.Cc1cc(-c2ccc(-c3ccc(C(F)(F)F)cc3)c(C)c2)ccc1-c1ccc(C(=O)c2ccccc2)cc1. The molecule has 0 unspecified atom stereocenters.